The maximum atomic E-state index is 12.6. The molecule has 0 fully saturated rings. The zero-order chi connectivity index (χ0) is 12.3. The highest BCUT2D eigenvalue weighted by atomic mass is 79.9. The molecule has 1 aromatic heterocycles. The molecule has 2 nitrogen and oxygen atoms in total. The Kier molecular flexibility index (Phi) is 4.18. The van der Waals surface area contributed by atoms with Crippen molar-refractivity contribution in [2.45, 2.75) is 26.1 Å². The van der Waals surface area contributed by atoms with Gasteiger partial charge in [-0.2, -0.15) is 13.2 Å². The smallest absolute Gasteiger partial charge is 0.425 e. The van der Waals surface area contributed by atoms with Gasteiger partial charge in [0.1, 0.15) is 0 Å². The zero-order valence-corrected chi connectivity index (χ0v) is 10.3. The lowest BCUT2D eigenvalue weighted by Gasteiger charge is -2.24. The van der Waals surface area contributed by atoms with Crippen LogP contribution >= 0.6 is 15.9 Å². The lowest BCUT2D eigenvalue weighted by molar-refractivity contribution is -0.207. The number of nitrogens with zero attached hydrogens (tertiary/aromatic N) is 1. The Morgan fingerprint density at radius 3 is 2.31 bits per heavy atom. The molecule has 1 rings (SSSR count). The van der Waals surface area contributed by atoms with Crippen LogP contribution in [0.1, 0.15) is 13.8 Å². The summed E-state index contributed by atoms with van der Waals surface area (Å²) < 4.78 is 43.2. The SMILES string of the molecule is CC(C)C(Oc1ccc(Br)cn1)C(F)(F)F. The van der Waals surface area contributed by atoms with Crippen molar-refractivity contribution in [1.82, 2.24) is 4.98 Å². The van der Waals surface area contributed by atoms with E-state index < -0.39 is 18.2 Å². The Morgan fingerprint density at radius 1 is 1.31 bits per heavy atom. The molecule has 0 aliphatic rings. The fourth-order valence-electron chi connectivity index (χ4n) is 1.14. The lowest BCUT2D eigenvalue weighted by atomic mass is 10.1. The number of rotatable bonds is 3. The second-order valence-electron chi connectivity index (χ2n) is 3.64. The van der Waals surface area contributed by atoms with Crippen molar-refractivity contribution in [2.24, 2.45) is 5.92 Å². The summed E-state index contributed by atoms with van der Waals surface area (Å²) in [6.07, 6.45) is -4.83. The van der Waals surface area contributed by atoms with Crippen molar-refractivity contribution in [3.63, 3.8) is 0 Å². The topological polar surface area (TPSA) is 22.1 Å². The molecule has 90 valence electrons. The summed E-state index contributed by atoms with van der Waals surface area (Å²) in [6, 6.07) is 2.97. The number of hydrogen-bond acceptors (Lipinski definition) is 2. The van der Waals surface area contributed by atoms with E-state index in [9.17, 15) is 13.2 Å². The van der Waals surface area contributed by atoms with Crippen LogP contribution in [-0.4, -0.2) is 17.3 Å². The fraction of sp³-hybridized carbons (Fsp3) is 0.500. The monoisotopic (exact) mass is 297 g/mol. The normalized spacial score (nSPS) is 13.9. The molecular weight excluding hydrogens is 287 g/mol. The number of hydrogen-bond donors (Lipinski definition) is 0. The van der Waals surface area contributed by atoms with Gasteiger partial charge in [-0.05, 0) is 27.9 Å². The van der Waals surface area contributed by atoms with Gasteiger partial charge in [0, 0.05) is 16.7 Å². The van der Waals surface area contributed by atoms with Gasteiger partial charge in [0.2, 0.25) is 5.88 Å². The molecule has 16 heavy (non-hydrogen) atoms. The number of halogens is 4. The van der Waals surface area contributed by atoms with E-state index in [1.807, 2.05) is 0 Å². The molecule has 1 unspecified atom stereocenters. The minimum atomic E-state index is -4.39. The van der Waals surface area contributed by atoms with E-state index in [2.05, 4.69) is 20.9 Å². The maximum Gasteiger partial charge on any atom is 0.425 e. The molecule has 0 aromatic carbocycles. The Morgan fingerprint density at radius 2 is 1.94 bits per heavy atom. The second kappa shape index (κ2) is 5.03. The van der Waals surface area contributed by atoms with Crippen molar-refractivity contribution < 1.29 is 17.9 Å². The Hall–Kier alpha value is -0.780. The van der Waals surface area contributed by atoms with Crippen LogP contribution in [-0.2, 0) is 0 Å². The van der Waals surface area contributed by atoms with Gasteiger partial charge in [-0.3, -0.25) is 0 Å². The summed E-state index contributed by atoms with van der Waals surface area (Å²) >= 11 is 3.14. The van der Waals surface area contributed by atoms with Crippen LogP contribution in [0.15, 0.2) is 22.8 Å². The number of aromatic nitrogens is 1. The predicted molar refractivity (Wildman–Crippen MR) is 57.2 cm³/mol. The van der Waals surface area contributed by atoms with Crippen LogP contribution in [0.5, 0.6) is 5.88 Å². The van der Waals surface area contributed by atoms with E-state index in [1.165, 1.54) is 26.1 Å². The summed E-state index contributed by atoms with van der Waals surface area (Å²) in [5.74, 6) is -0.690. The Labute approximate surface area is 100.0 Å². The molecule has 6 heteroatoms. The fourth-order valence-corrected chi connectivity index (χ4v) is 1.38. The third kappa shape index (κ3) is 3.66. The van der Waals surface area contributed by atoms with E-state index in [0.29, 0.717) is 4.47 Å². The lowest BCUT2D eigenvalue weighted by Crippen LogP contribution is -2.39. The van der Waals surface area contributed by atoms with Crippen molar-refractivity contribution in [3.05, 3.63) is 22.8 Å². The molecule has 1 heterocycles. The summed E-state index contributed by atoms with van der Waals surface area (Å²) in [5, 5.41) is 0. The summed E-state index contributed by atoms with van der Waals surface area (Å²) in [6.45, 7) is 2.91. The third-order valence-corrected chi connectivity index (χ3v) is 2.35. The zero-order valence-electron chi connectivity index (χ0n) is 8.75. The first-order valence-corrected chi connectivity index (χ1v) is 5.45. The van der Waals surface area contributed by atoms with Crippen LogP contribution in [0.4, 0.5) is 13.2 Å². The van der Waals surface area contributed by atoms with Crippen LogP contribution in [0.2, 0.25) is 0 Å². The average Bonchev–Trinajstić information content (AvgIpc) is 2.14. The van der Waals surface area contributed by atoms with Crippen LogP contribution in [0, 0.1) is 5.92 Å². The molecular formula is C10H11BrF3NO. The first kappa shape index (κ1) is 13.3. The standard InChI is InChI=1S/C10H11BrF3NO/c1-6(2)9(10(12,13)14)16-8-4-3-7(11)5-15-8/h3-6,9H,1-2H3. The van der Waals surface area contributed by atoms with Crippen LogP contribution in [0.3, 0.4) is 0 Å². The van der Waals surface area contributed by atoms with Gasteiger partial charge in [-0.1, -0.05) is 13.8 Å². The van der Waals surface area contributed by atoms with Crippen molar-refractivity contribution in [1.29, 1.82) is 0 Å². The van der Waals surface area contributed by atoms with Crippen molar-refractivity contribution in [3.8, 4) is 5.88 Å². The van der Waals surface area contributed by atoms with Gasteiger partial charge in [0.25, 0.3) is 0 Å². The molecule has 0 saturated heterocycles. The van der Waals surface area contributed by atoms with Crippen LogP contribution in [0.25, 0.3) is 0 Å². The van der Waals surface area contributed by atoms with Gasteiger partial charge in [0.05, 0.1) is 0 Å². The van der Waals surface area contributed by atoms with E-state index in [0.717, 1.165) is 0 Å². The van der Waals surface area contributed by atoms with Crippen molar-refractivity contribution >= 4 is 15.9 Å². The molecule has 0 aliphatic carbocycles. The van der Waals surface area contributed by atoms with E-state index in [-0.39, 0.29) is 5.88 Å². The van der Waals surface area contributed by atoms with Gasteiger partial charge in [-0.25, -0.2) is 4.98 Å². The van der Waals surface area contributed by atoms with Crippen molar-refractivity contribution in [2.75, 3.05) is 0 Å². The molecule has 0 amide bonds. The van der Waals surface area contributed by atoms with E-state index >= 15 is 0 Å². The summed E-state index contributed by atoms with van der Waals surface area (Å²) in [5.41, 5.74) is 0. The Balaban J connectivity index is 2.80. The number of pyridine rings is 1. The van der Waals surface area contributed by atoms with Gasteiger partial charge < -0.3 is 4.74 Å². The predicted octanol–water partition coefficient (Wildman–Crippen LogP) is 3.81. The second-order valence-corrected chi connectivity index (χ2v) is 4.55. The van der Waals surface area contributed by atoms with E-state index in [4.69, 9.17) is 4.74 Å². The molecule has 1 aromatic rings. The molecule has 0 aliphatic heterocycles. The molecule has 0 N–H and O–H groups in total. The third-order valence-electron chi connectivity index (χ3n) is 1.88. The maximum absolute atomic E-state index is 12.6. The summed E-state index contributed by atoms with van der Waals surface area (Å²) in [4.78, 5) is 3.74. The highest BCUT2D eigenvalue weighted by Gasteiger charge is 2.44. The average molecular weight is 298 g/mol. The molecule has 1 atom stereocenters. The van der Waals surface area contributed by atoms with Gasteiger partial charge >= 0.3 is 6.18 Å². The molecule has 0 saturated carbocycles. The largest absolute Gasteiger partial charge is 0.464 e. The highest BCUT2D eigenvalue weighted by molar-refractivity contribution is 9.10. The van der Waals surface area contributed by atoms with Crippen LogP contribution < -0.4 is 4.74 Å². The minimum absolute atomic E-state index is 0.0285. The highest BCUT2D eigenvalue weighted by Crippen LogP contribution is 2.29. The minimum Gasteiger partial charge on any atom is -0.464 e. The van der Waals surface area contributed by atoms with E-state index in [1.54, 1.807) is 6.07 Å². The number of ether oxygens (including phenoxy) is 1. The molecule has 0 bridgehead atoms. The quantitative estimate of drug-likeness (QED) is 0.846. The molecule has 0 radical (unpaired) electrons. The summed E-state index contributed by atoms with van der Waals surface area (Å²) in [7, 11) is 0. The first-order chi connectivity index (χ1) is 7.30. The molecule has 0 spiro atoms. The van der Waals surface area contributed by atoms with Gasteiger partial charge in [0.15, 0.2) is 6.10 Å². The first-order valence-electron chi connectivity index (χ1n) is 4.65. The Bertz CT molecular complexity index is 337. The number of alkyl halides is 3. The van der Waals surface area contributed by atoms with Gasteiger partial charge in [-0.15, -0.1) is 0 Å².